The average Bonchev–Trinajstić information content (AvgIpc) is 3.97. The Labute approximate surface area is 331 Å². The van der Waals surface area contributed by atoms with Crippen LogP contribution in [0.2, 0.25) is 10.0 Å². The van der Waals surface area contributed by atoms with Gasteiger partial charge in [-0.1, -0.05) is 76.9 Å². The number of ether oxygens (including phenoxy) is 7. The Morgan fingerprint density at radius 3 is 2.20 bits per heavy atom. The maximum absolute atomic E-state index is 13.3. The lowest BCUT2D eigenvalue weighted by atomic mass is 9.98. The van der Waals surface area contributed by atoms with Gasteiger partial charge in [-0.25, -0.2) is 9.79 Å². The number of benzene rings is 3. The molecule has 14 heteroatoms. The van der Waals surface area contributed by atoms with Crippen LogP contribution in [0.15, 0.2) is 76.2 Å². The van der Waals surface area contributed by atoms with Crippen LogP contribution in [0.4, 0.5) is 4.79 Å². The van der Waals surface area contributed by atoms with E-state index in [0.29, 0.717) is 99.0 Å². The normalized spacial score (nSPS) is 13.9. The van der Waals surface area contributed by atoms with Gasteiger partial charge >= 0.3 is 6.09 Å². The zero-order valence-electron chi connectivity index (χ0n) is 30.9. The van der Waals surface area contributed by atoms with Gasteiger partial charge in [0.15, 0.2) is 5.75 Å². The second-order valence-corrected chi connectivity index (χ2v) is 13.8. The van der Waals surface area contributed by atoms with E-state index in [1.165, 1.54) is 0 Å². The number of carbonyl (C=O) groups excluding carboxylic acids is 1. The van der Waals surface area contributed by atoms with Gasteiger partial charge < -0.3 is 43.0 Å². The fourth-order valence-corrected chi connectivity index (χ4v) is 7.06. The molecule has 0 fully saturated rings. The van der Waals surface area contributed by atoms with Crippen LogP contribution in [0.1, 0.15) is 59.4 Å². The van der Waals surface area contributed by atoms with Gasteiger partial charge in [0.2, 0.25) is 5.90 Å². The first-order valence-electron chi connectivity index (χ1n) is 18.6. The van der Waals surface area contributed by atoms with Gasteiger partial charge in [0.25, 0.3) is 0 Å². The number of alkyl carbamates (subject to hydrolysis) is 1. The van der Waals surface area contributed by atoms with E-state index in [9.17, 15) is 4.79 Å². The van der Waals surface area contributed by atoms with Crippen LogP contribution in [-0.2, 0) is 34.8 Å². The molecule has 1 unspecified atom stereocenters. The number of fused-ring (bicyclic) bond motifs is 3. The first-order valence-corrected chi connectivity index (χ1v) is 19.4. The van der Waals surface area contributed by atoms with E-state index >= 15 is 0 Å². The summed E-state index contributed by atoms with van der Waals surface area (Å²) in [6.45, 7) is 4.60. The summed E-state index contributed by atoms with van der Waals surface area (Å²) in [6.07, 6.45) is 2.58. The van der Waals surface area contributed by atoms with Crippen molar-refractivity contribution in [2.45, 2.75) is 37.6 Å². The summed E-state index contributed by atoms with van der Waals surface area (Å²) < 4.78 is 44.8. The van der Waals surface area contributed by atoms with Crippen molar-refractivity contribution in [3.8, 4) is 16.9 Å². The molecule has 1 N–H and O–H groups in total. The van der Waals surface area contributed by atoms with Gasteiger partial charge in [0, 0.05) is 31.1 Å². The lowest BCUT2D eigenvalue weighted by Gasteiger charge is -2.18. The van der Waals surface area contributed by atoms with Crippen molar-refractivity contribution in [1.29, 1.82) is 0 Å². The highest BCUT2D eigenvalue weighted by molar-refractivity contribution is 6.37. The molecule has 1 aliphatic heterocycles. The zero-order valence-corrected chi connectivity index (χ0v) is 32.4. The number of hydrogen-bond acceptors (Lipinski definition) is 11. The fraction of sp³-hybridized carbons (Fsp3) is 0.439. The van der Waals surface area contributed by atoms with Gasteiger partial charge in [-0.05, 0) is 53.6 Å². The van der Waals surface area contributed by atoms with E-state index in [2.05, 4.69) is 39.7 Å². The number of amides is 1. The van der Waals surface area contributed by atoms with Crippen LogP contribution in [0.5, 0.6) is 5.75 Å². The van der Waals surface area contributed by atoms with Crippen LogP contribution < -0.4 is 10.1 Å². The Morgan fingerprint density at radius 2 is 1.53 bits per heavy atom. The predicted octanol–water partition coefficient (Wildman–Crippen LogP) is 7.83. The van der Waals surface area contributed by atoms with E-state index in [-0.39, 0.29) is 19.1 Å². The molecular weight excluding hydrogens is 749 g/mol. The molecule has 12 nitrogen and oxygen atoms in total. The molecule has 3 aromatic carbocycles. The minimum Gasteiger partial charge on any atom is -0.490 e. The molecule has 1 aliphatic carbocycles. The number of halogens is 2. The molecule has 0 spiro atoms. The van der Waals surface area contributed by atoms with Crippen molar-refractivity contribution >= 4 is 35.2 Å². The van der Waals surface area contributed by atoms with E-state index in [1.807, 2.05) is 30.3 Å². The number of methoxy groups -OCH3 is 1. The summed E-state index contributed by atoms with van der Waals surface area (Å²) in [5, 5.41) is 8.06. The van der Waals surface area contributed by atoms with Crippen molar-refractivity contribution in [2.24, 2.45) is 4.99 Å². The third-order valence-electron chi connectivity index (χ3n) is 9.17. The fourth-order valence-electron chi connectivity index (χ4n) is 6.46. The number of nitrogens with zero attached hydrogens (tertiary/aromatic N) is 2. The first-order chi connectivity index (χ1) is 27.0. The van der Waals surface area contributed by atoms with Crippen LogP contribution in [-0.4, -0.2) is 96.9 Å². The van der Waals surface area contributed by atoms with Gasteiger partial charge in [0.05, 0.1) is 69.4 Å². The number of aryl methyl sites for hydroxylation is 1. The summed E-state index contributed by atoms with van der Waals surface area (Å²) in [5.74, 6) is 1.63. The molecule has 0 saturated heterocycles. The maximum atomic E-state index is 13.3. The SMILES string of the molecule is COCCOCCOCCOCC(NC(=O)OCC1c2ccccc2-c2ccccc21)c1cc(CCCCCOc2c(Cl)cc(C3=NCCO3)cc2Cl)on1. The van der Waals surface area contributed by atoms with Crippen LogP contribution in [0.25, 0.3) is 11.1 Å². The van der Waals surface area contributed by atoms with Gasteiger partial charge in [-0.3, -0.25) is 0 Å². The first kappa shape index (κ1) is 40.5. The minimum atomic E-state index is -0.605. The zero-order chi connectivity index (χ0) is 38.2. The summed E-state index contributed by atoms with van der Waals surface area (Å²) in [6, 6.07) is 21.2. The highest BCUT2D eigenvalue weighted by Crippen LogP contribution is 2.44. The Kier molecular flexibility index (Phi) is 15.6. The molecular formula is C41H47Cl2N3O9. The predicted molar refractivity (Wildman–Crippen MR) is 209 cm³/mol. The third-order valence-corrected chi connectivity index (χ3v) is 9.74. The summed E-state index contributed by atoms with van der Waals surface area (Å²) in [7, 11) is 1.63. The second kappa shape index (κ2) is 21.2. The quantitative estimate of drug-likeness (QED) is 0.0742. The Bertz CT molecular complexity index is 1800. The highest BCUT2D eigenvalue weighted by atomic mass is 35.5. The molecule has 0 bridgehead atoms. The van der Waals surface area contributed by atoms with Crippen LogP contribution in [0, 0.1) is 0 Å². The van der Waals surface area contributed by atoms with Gasteiger partial charge in [0.1, 0.15) is 30.7 Å². The topological polar surface area (TPSA) is 132 Å². The second-order valence-electron chi connectivity index (χ2n) is 13.0. The molecule has 4 aromatic rings. The molecule has 0 radical (unpaired) electrons. The number of nitrogens with one attached hydrogen (secondary N) is 1. The monoisotopic (exact) mass is 795 g/mol. The number of unbranched alkanes of at least 4 members (excludes halogenated alkanes) is 2. The number of hydrogen-bond donors (Lipinski definition) is 1. The molecule has 55 heavy (non-hydrogen) atoms. The van der Waals surface area contributed by atoms with E-state index in [1.54, 1.807) is 19.2 Å². The lowest BCUT2D eigenvalue weighted by Crippen LogP contribution is -2.33. The molecule has 2 aliphatic rings. The lowest BCUT2D eigenvalue weighted by molar-refractivity contribution is 0.000396. The number of carbonyl (C=O) groups is 1. The molecule has 2 heterocycles. The highest BCUT2D eigenvalue weighted by Gasteiger charge is 2.30. The maximum Gasteiger partial charge on any atom is 0.407 e. The van der Waals surface area contributed by atoms with Crippen LogP contribution >= 0.6 is 23.2 Å². The molecule has 1 amide bonds. The van der Waals surface area contributed by atoms with E-state index in [4.69, 9.17) is 60.9 Å². The Balaban J connectivity index is 0.975. The van der Waals surface area contributed by atoms with E-state index in [0.717, 1.165) is 47.1 Å². The van der Waals surface area contributed by atoms with Crippen molar-refractivity contribution in [1.82, 2.24) is 10.5 Å². The number of aromatic nitrogens is 1. The smallest absolute Gasteiger partial charge is 0.407 e. The number of rotatable bonds is 23. The Morgan fingerprint density at radius 1 is 0.855 bits per heavy atom. The molecule has 1 atom stereocenters. The van der Waals surface area contributed by atoms with Gasteiger partial charge in [-0.2, -0.15) is 0 Å². The largest absolute Gasteiger partial charge is 0.490 e. The molecule has 6 rings (SSSR count). The molecule has 294 valence electrons. The van der Waals surface area contributed by atoms with Crippen molar-refractivity contribution in [3.05, 3.63) is 105 Å². The van der Waals surface area contributed by atoms with E-state index < -0.39 is 12.1 Å². The standard InChI is InChI=1S/C41H47Cl2N3O9/c1-48-17-18-49-19-20-50-21-22-51-27-38(45-41(47)54-26-34-32-12-6-4-10-30(32)31-11-5-7-13-33(31)34)37-25-29(55-46-37)9-3-2-8-15-52-39-35(42)23-28(24-36(39)43)40-44-14-16-53-40/h4-7,10-13,23-25,34,38H,2-3,8-9,14-22,26-27H2,1H3,(H,45,47). The minimum absolute atomic E-state index is 0.0610. The Hall–Kier alpha value is -4.17. The summed E-state index contributed by atoms with van der Waals surface area (Å²) >= 11 is 12.9. The third kappa shape index (κ3) is 11.4. The van der Waals surface area contributed by atoms with Crippen molar-refractivity contribution in [3.63, 3.8) is 0 Å². The van der Waals surface area contributed by atoms with Gasteiger partial charge in [-0.15, -0.1) is 0 Å². The van der Waals surface area contributed by atoms with Crippen LogP contribution in [0.3, 0.4) is 0 Å². The average molecular weight is 797 g/mol. The number of aliphatic imine (C=N–C) groups is 1. The summed E-state index contributed by atoms with van der Waals surface area (Å²) in [5.41, 5.74) is 5.88. The molecule has 0 saturated carbocycles. The summed E-state index contributed by atoms with van der Waals surface area (Å²) in [4.78, 5) is 17.6. The molecule has 1 aromatic heterocycles. The van der Waals surface area contributed by atoms with Crippen molar-refractivity contribution in [2.75, 3.05) is 79.7 Å². The van der Waals surface area contributed by atoms with Crippen molar-refractivity contribution < 1.29 is 42.5 Å².